The molecule has 1 aromatic carbocycles. The van der Waals surface area contributed by atoms with Crippen LogP contribution in [0.4, 0.5) is 18.9 Å². The Morgan fingerprint density at radius 2 is 1.94 bits per heavy atom. The summed E-state index contributed by atoms with van der Waals surface area (Å²) < 4.78 is 37.6. The number of nitrogens with zero attached hydrogens (tertiary/aromatic N) is 1. The van der Waals surface area contributed by atoms with E-state index >= 15 is 0 Å². The van der Waals surface area contributed by atoms with Crippen molar-refractivity contribution in [1.82, 2.24) is 0 Å². The highest BCUT2D eigenvalue weighted by molar-refractivity contribution is 5.54. The van der Waals surface area contributed by atoms with Crippen LogP contribution in [0.15, 0.2) is 18.2 Å². The van der Waals surface area contributed by atoms with E-state index < -0.39 is 23.7 Å². The van der Waals surface area contributed by atoms with Gasteiger partial charge in [-0.2, -0.15) is 13.2 Å². The van der Waals surface area contributed by atoms with Gasteiger partial charge in [0.25, 0.3) is 0 Å². The van der Waals surface area contributed by atoms with E-state index in [1.54, 1.807) is 0 Å². The average Bonchev–Trinajstić information content (AvgIpc) is 2.62. The van der Waals surface area contributed by atoms with Crippen molar-refractivity contribution in [3.63, 3.8) is 0 Å². The molecular formula is C11H12F3NO2. The maximum atomic E-state index is 12.5. The molecule has 0 amide bonds. The van der Waals surface area contributed by atoms with Crippen LogP contribution >= 0.6 is 0 Å². The summed E-state index contributed by atoms with van der Waals surface area (Å²) in [7, 11) is 0. The zero-order valence-corrected chi connectivity index (χ0v) is 8.91. The number of anilines is 1. The second kappa shape index (κ2) is 4.10. The highest BCUT2D eigenvalue weighted by atomic mass is 19.4. The summed E-state index contributed by atoms with van der Waals surface area (Å²) in [6.45, 7) is 0.488. The maximum Gasteiger partial charge on any atom is 0.416 e. The molecule has 0 saturated carbocycles. The van der Waals surface area contributed by atoms with Crippen molar-refractivity contribution in [2.75, 3.05) is 11.4 Å². The number of hydrogen-bond acceptors (Lipinski definition) is 3. The molecule has 0 radical (unpaired) electrons. The van der Waals surface area contributed by atoms with E-state index in [9.17, 15) is 23.4 Å². The number of rotatable bonds is 1. The average molecular weight is 247 g/mol. The molecule has 1 saturated heterocycles. The van der Waals surface area contributed by atoms with Crippen molar-refractivity contribution >= 4 is 5.69 Å². The summed E-state index contributed by atoms with van der Waals surface area (Å²) in [5.41, 5.74) is -0.714. The first-order valence-corrected chi connectivity index (χ1v) is 5.24. The Labute approximate surface area is 96.1 Å². The molecular weight excluding hydrogens is 235 g/mol. The van der Waals surface area contributed by atoms with Crippen LogP contribution in [0.1, 0.15) is 18.4 Å². The molecule has 94 valence electrons. The molecule has 1 heterocycles. The molecule has 0 bridgehead atoms. The molecule has 1 aliphatic heterocycles. The molecule has 1 unspecified atom stereocenters. The van der Waals surface area contributed by atoms with Crippen LogP contribution in [-0.2, 0) is 6.18 Å². The number of hydrogen-bond donors (Lipinski definition) is 2. The predicted molar refractivity (Wildman–Crippen MR) is 55.7 cm³/mol. The Bertz CT molecular complexity index is 420. The fourth-order valence-corrected chi connectivity index (χ4v) is 1.97. The molecule has 2 rings (SSSR count). The summed E-state index contributed by atoms with van der Waals surface area (Å²) in [6, 6.07) is 2.84. The lowest BCUT2D eigenvalue weighted by atomic mass is 10.1. The van der Waals surface area contributed by atoms with Crippen molar-refractivity contribution in [3.8, 4) is 5.75 Å². The van der Waals surface area contributed by atoms with Gasteiger partial charge >= 0.3 is 6.18 Å². The van der Waals surface area contributed by atoms with E-state index in [0.717, 1.165) is 12.5 Å². The summed E-state index contributed by atoms with van der Waals surface area (Å²) in [5, 5.41) is 18.9. The first-order valence-electron chi connectivity index (χ1n) is 5.24. The number of aliphatic hydroxyl groups is 1. The van der Waals surface area contributed by atoms with E-state index in [1.807, 2.05) is 0 Å². The van der Waals surface area contributed by atoms with Gasteiger partial charge in [-0.25, -0.2) is 0 Å². The molecule has 1 atom stereocenters. The molecule has 2 N–H and O–H groups in total. The van der Waals surface area contributed by atoms with Gasteiger partial charge in [-0.3, -0.25) is 0 Å². The number of phenolic OH excluding ortho intramolecular Hbond substituents is 1. The van der Waals surface area contributed by atoms with E-state index in [2.05, 4.69) is 0 Å². The molecule has 17 heavy (non-hydrogen) atoms. The van der Waals surface area contributed by atoms with E-state index in [-0.39, 0.29) is 5.69 Å². The van der Waals surface area contributed by atoms with Gasteiger partial charge in [0.15, 0.2) is 0 Å². The SMILES string of the molecule is Oc1cc(N2CCCC2O)cc(C(F)(F)F)c1. The second-order valence-electron chi connectivity index (χ2n) is 4.05. The minimum atomic E-state index is -4.50. The monoisotopic (exact) mass is 247 g/mol. The van der Waals surface area contributed by atoms with Crippen molar-refractivity contribution in [2.24, 2.45) is 0 Å². The lowest BCUT2D eigenvalue weighted by Crippen LogP contribution is -2.28. The summed E-state index contributed by atoms with van der Waals surface area (Å²) in [5.74, 6) is -0.450. The molecule has 0 aromatic heterocycles. The first-order chi connectivity index (χ1) is 7.88. The standard InChI is InChI=1S/C11H12F3NO2/c12-11(13,14)7-4-8(6-9(16)5-7)15-3-1-2-10(15)17/h4-6,10,16-17H,1-3H2. The largest absolute Gasteiger partial charge is 0.508 e. The Hall–Kier alpha value is -1.43. The first kappa shape index (κ1) is 12.0. The van der Waals surface area contributed by atoms with E-state index in [4.69, 9.17) is 0 Å². The van der Waals surface area contributed by atoms with Crippen LogP contribution in [-0.4, -0.2) is 23.0 Å². The molecule has 0 aliphatic carbocycles. The van der Waals surface area contributed by atoms with Crippen LogP contribution in [0.5, 0.6) is 5.75 Å². The van der Waals surface area contributed by atoms with Gasteiger partial charge in [-0.05, 0) is 25.0 Å². The minimum absolute atomic E-state index is 0.197. The summed E-state index contributed by atoms with van der Waals surface area (Å²) >= 11 is 0. The molecule has 1 fully saturated rings. The zero-order chi connectivity index (χ0) is 12.6. The van der Waals surface area contributed by atoms with Crippen molar-refractivity contribution in [3.05, 3.63) is 23.8 Å². The lowest BCUT2D eigenvalue weighted by molar-refractivity contribution is -0.137. The Morgan fingerprint density at radius 1 is 1.24 bits per heavy atom. The number of alkyl halides is 3. The van der Waals surface area contributed by atoms with Gasteiger partial charge in [0.2, 0.25) is 0 Å². The third-order valence-electron chi connectivity index (χ3n) is 2.78. The third kappa shape index (κ3) is 2.46. The summed E-state index contributed by atoms with van der Waals surface area (Å²) in [6.07, 6.45) is -4.04. The van der Waals surface area contributed by atoms with Crippen LogP contribution in [0.2, 0.25) is 0 Å². The third-order valence-corrected chi connectivity index (χ3v) is 2.78. The molecule has 1 aliphatic rings. The Kier molecular flexibility index (Phi) is 2.91. The predicted octanol–water partition coefficient (Wildman–Crippen LogP) is 2.33. The van der Waals surface area contributed by atoms with Gasteiger partial charge in [0.05, 0.1) is 5.56 Å². The minimum Gasteiger partial charge on any atom is -0.508 e. The quantitative estimate of drug-likeness (QED) is 0.800. The van der Waals surface area contributed by atoms with Gasteiger partial charge in [-0.15, -0.1) is 0 Å². The Morgan fingerprint density at radius 3 is 2.47 bits per heavy atom. The second-order valence-corrected chi connectivity index (χ2v) is 4.05. The molecule has 6 heteroatoms. The Balaban J connectivity index is 2.38. The number of aromatic hydroxyl groups is 1. The van der Waals surface area contributed by atoms with Crippen LogP contribution in [0.3, 0.4) is 0 Å². The fraction of sp³-hybridized carbons (Fsp3) is 0.455. The molecule has 0 spiro atoms. The van der Waals surface area contributed by atoms with Crippen LogP contribution in [0, 0.1) is 0 Å². The van der Waals surface area contributed by atoms with Gasteiger partial charge in [0, 0.05) is 18.3 Å². The van der Waals surface area contributed by atoms with Gasteiger partial charge < -0.3 is 15.1 Å². The van der Waals surface area contributed by atoms with Crippen LogP contribution < -0.4 is 4.90 Å². The van der Waals surface area contributed by atoms with Crippen molar-refractivity contribution < 1.29 is 23.4 Å². The smallest absolute Gasteiger partial charge is 0.416 e. The zero-order valence-electron chi connectivity index (χ0n) is 8.91. The van der Waals surface area contributed by atoms with E-state index in [1.165, 1.54) is 11.0 Å². The highest BCUT2D eigenvalue weighted by Gasteiger charge is 2.32. The van der Waals surface area contributed by atoms with Crippen molar-refractivity contribution in [2.45, 2.75) is 25.2 Å². The molecule has 3 nitrogen and oxygen atoms in total. The number of halogens is 3. The topological polar surface area (TPSA) is 43.7 Å². The number of aliphatic hydroxyl groups excluding tert-OH is 1. The summed E-state index contributed by atoms with van der Waals surface area (Å²) in [4.78, 5) is 1.45. The normalized spacial score (nSPS) is 20.9. The highest BCUT2D eigenvalue weighted by Crippen LogP contribution is 2.36. The number of benzene rings is 1. The van der Waals surface area contributed by atoms with E-state index in [0.29, 0.717) is 19.0 Å². The van der Waals surface area contributed by atoms with Gasteiger partial charge in [-0.1, -0.05) is 0 Å². The van der Waals surface area contributed by atoms with Crippen LogP contribution in [0.25, 0.3) is 0 Å². The maximum absolute atomic E-state index is 12.5. The lowest BCUT2D eigenvalue weighted by Gasteiger charge is -2.23. The van der Waals surface area contributed by atoms with Gasteiger partial charge in [0.1, 0.15) is 12.0 Å². The number of phenols is 1. The van der Waals surface area contributed by atoms with Crippen molar-refractivity contribution in [1.29, 1.82) is 0 Å². The fourth-order valence-electron chi connectivity index (χ4n) is 1.97. The molecule has 1 aromatic rings.